The number of benzene rings is 1. The SMILES string of the molecule is CN/C(=C\C(=N)C1CC1)C(=O)NCc1cccc(NC(=O)/C=C/C(=O)N2CCN(S(C)(=O)=O)CC2)c1C. The van der Waals surface area contributed by atoms with Crippen LogP contribution in [0.3, 0.4) is 0 Å². The number of sulfonamides is 1. The van der Waals surface area contributed by atoms with E-state index in [4.69, 9.17) is 5.41 Å². The molecule has 0 atom stereocenters. The Balaban J connectivity index is 1.54. The summed E-state index contributed by atoms with van der Waals surface area (Å²) in [4.78, 5) is 38.9. The molecule has 1 aromatic carbocycles. The Labute approximate surface area is 217 Å². The molecule has 200 valence electrons. The molecule has 4 N–H and O–H groups in total. The van der Waals surface area contributed by atoms with Gasteiger partial charge in [0.15, 0.2) is 0 Å². The maximum Gasteiger partial charge on any atom is 0.267 e. The van der Waals surface area contributed by atoms with Crippen molar-refractivity contribution in [3.63, 3.8) is 0 Å². The van der Waals surface area contributed by atoms with Gasteiger partial charge in [-0.15, -0.1) is 0 Å². The fourth-order valence-corrected chi connectivity index (χ4v) is 4.69. The van der Waals surface area contributed by atoms with Crippen LogP contribution in [-0.4, -0.2) is 80.5 Å². The monoisotopic (exact) mass is 530 g/mol. The minimum absolute atomic E-state index is 0.224. The number of hydrogen-bond donors (Lipinski definition) is 4. The molecule has 1 saturated heterocycles. The molecule has 1 saturated carbocycles. The van der Waals surface area contributed by atoms with Crippen molar-refractivity contribution >= 4 is 39.1 Å². The topological polar surface area (TPSA) is 152 Å². The second kappa shape index (κ2) is 12.2. The van der Waals surface area contributed by atoms with Gasteiger partial charge >= 0.3 is 0 Å². The number of nitrogens with zero attached hydrogens (tertiary/aromatic N) is 2. The van der Waals surface area contributed by atoms with Crippen LogP contribution in [0, 0.1) is 18.3 Å². The van der Waals surface area contributed by atoms with E-state index in [1.165, 1.54) is 15.3 Å². The van der Waals surface area contributed by atoms with Crippen LogP contribution in [0.2, 0.25) is 0 Å². The number of anilines is 1. The highest BCUT2D eigenvalue weighted by molar-refractivity contribution is 7.88. The molecule has 0 radical (unpaired) electrons. The first-order chi connectivity index (χ1) is 17.5. The van der Waals surface area contributed by atoms with Crippen molar-refractivity contribution in [2.24, 2.45) is 5.92 Å². The maximum absolute atomic E-state index is 12.6. The smallest absolute Gasteiger partial charge is 0.267 e. The third-order valence-corrected chi connectivity index (χ3v) is 7.67. The van der Waals surface area contributed by atoms with Crippen LogP contribution in [0.1, 0.15) is 24.0 Å². The molecule has 12 heteroatoms. The molecule has 0 aromatic heterocycles. The lowest BCUT2D eigenvalue weighted by Gasteiger charge is -2.32. The lowest BCUT2D eigenvalue weighted by atomic mass is 10.1. The van der Waals surface area contributed by atoms with Crippen molar-refractivity contribution < 1.29 is 22.8 Å². The highest BCUT2D eigenvalue weighted by Crippen LogP contribution is 2.30. The number of amides is 3. The van der Waals surface area contributed by atoms with E-state index in [0.717, 1.165) is 36.3 Å². The summed E-state index contributed by atoms with van der Waals surface area (Å²) in [6.45, 7) is 3.03. The molecular formula is C25H34N6O5S. The van der Waals surface area contributed by atoms with Crippen LogP contribution < -0.4 is 16.0 Å². The molecule has 11 nitrogen and oxygen atoms in total. The van der Waals surface area contributed by atoms with Crippen molar-refractivity contribution in [2.75, 3.05) is 44.8 Å². The molecule has 3 amide bonds. The average Bonchev–Trinajstić information content (AvgIpc) is 3.71. The van der Waals surface area contributed by atoms with Gasteiger partial charge in [0.1, 0.15) is 5.70 Å². The predicted molar refractivity (Wildman–Crippen MR) is 141 cm³/mol. The van der Waals surface area contributed by atoms with E-state index < -0.39 is 15.9 Å². The third-order valence-electron chi connectivity index (χ3n) is 6.37. The highest BCUT2D eigenvalue weighted by Gasteiger charge is 2.26. The molecular weight excluding hydrogens is 496 g/mol. The summed E-state index contributed by atoms with van der Waals surface area (Å²) in [5, 5.41) is 16.5. The zero-order chi connectivity index (χ0) is 27.2. The van der Waals surface area contributed by atoms with Crippen molar-refractivity contribution in [3.8, 4) is 0 Å². The summed E-state index contributed by atoms with van der Waals surface area (Å²) < 4.78 is 24.5. The van der Waals surface area contributed by atoms with Gasteiger partial charge in [0, 0.05) is 69.2 Å². The summed E-state index contributed by atoms with van der Waals surface area (Å²) in [5.41, 5.74) is 2.90. The van der Waals surface area contributed by atoms with Gasteiger partial charge in [-0.1, -0.05) is 12.1 Å². The van der Waals surface area contributed by atoms with Gasteiger partial charge in [-0.2, -0.15) is 4.31 Å². The highest BCUT2D eigenvalue weighted by atomic mass is 32.2. The van der Waals surface area contributed by atoms with E-state index >= 15 is 0 Å². The Bertz CT molecular complexity index is 1230. The average molecular weight is 531 g/mol. The van der Waals surface area contributed by atoms with E-state index in [1.54, 1.807) is 25.3 Å². The van der Waals surface area contributed by atoms with Gasteiger partial charge in [0.25, 0.3) is 5.91 Å². The van der Waals surface area contributed by atoms with Gasteiger partial charge in [0.2, 0.25) is 21.8 Å². The zero-order valence-electron chi connectivity index (χ0n) is 21.3. The van der Waals surface area contributed by atoms with Crippen molar-refractivity contribution in [2.45, 2.75) is 26.3 Å². The van der Waals surface area contributed by atoms with Gasteiger partial charge in [-0.05, 0) is 43.0 Å². The third kappa shape index (κ3) is 7.99. The number of piperazine rings is 1. The first kappa shape index (κ1) is 28.1. The van der Waals surface area contributed by atoms with Gasteiger partial charge in [-0.25, -0.2) is 8.42 Å². The molecule has 3 rings (SSSR count). The minimum Gasteiger partial charge on any atom is -0.384 e. The number of carbonyl (C=O) groups is 3. The van der Waals surface area contributed by atoms with Crippen LogP contribution in [0.15, 0.2) is 42.1 Å². The Hall–Kier alpha value is -3.51. The van der Waals surface area contributed by atoms with Crippen LogP contribution in [0.4, 0.5) is 5.69 Å². The van der Waals surface area contributed by atoms with Gasteiger partial charge in [-0.3, -0.25) is 14.4 Å². The fraction of sp³-hybridized carbons (Fsp3) is 0.440. The fourth-order valence-electron chi connectivity index (χ4n) is 3.87. The number of hydrogen-bond acceptors (Lipinski definition) is 7. The normalized spacial score (nSPS) is 16.9. The van der Waals surface area contributed by atoms with Crippen molar-refractivity contribution in [1.82, 2.24) is 19.8 Å². The Morgan fingerprint density at radius 3 is 2.38 bits per heavy atom. The van der Waals surface area contributed by atoms with E-state index in [2.05, 4.69) is 16.0 Å². The summed E-state index contributed by atoms with van der Waals surface area (Å²) in [7, 11) is -1.65. The van der Waals surface area contributed by atoms with Crippen molar-refractivity contribution in [1.29, 1.82) is 5.41 Å². The van der Waals surface area contributed by atoms with E-state index in [9.17, 15) is 22.8 Å². The predicted octanol–water partition coefficient (Wildman–Crippen LogP) is 0.743. The van der Waals surface area contributed by atoms with Crippen LogP contribution in [0.5, 0.6) is 0 Å². The molecule has 1 aromatic rings. The summed E-state index contributed by atoms with van der Waals surface area (Å²) in [6.07, 6.45) is 7.00. The zero-order valence-corrected chi connectivity index (χ0v) is 22.2. The molecule has 2 fully saturated rings. The second-order valence-electron chi connectivity index (χ2n) is 9.12. The minimum atomic E-state index is -3.29. The van der Waals surface area contributed by atoms with E-state index in [0.29, 0.717) is 17.1 Å². The lowest BCUT2D eigenvalue weighted by molar-refractivity contribution is -0.127. The van der Waals surface area contributed by atoms with E-state index in [-0.39, 0.29) is 50.5 Å². The second-order valence-corrected chi connectivity index (χ2v) is 11.1. The molecule has 37 heavy (non-hydrogen) atoms. The number of allylic oxidation sites excluding steroid dienone is 1. The van der Waals surface area contributed by atoms with Crippen LogP contribution in [-0.2, 0) is 31.0 Å². The number of nitrogens with one attached hydrogen (secondary N) is 4. The molecule has 0 spiro atoms. The van der Waals surface area contributed by atoms with Gasteiger partial charge in [0.05, 0.1) is 6.26 Å². The molecule has 2 aliphatic rings. The molecule has 0 unspecified atom stereocenters. The molecule has 0 bridgehead atoms. The lowest BCUT2D eigenvalue weighted by Crippen LogP contribution is -2.49. The molecule has 1 aliphatic heterocycles. The Morgan fingerprint density at radius 2 is 1.78 bits per heavy atom. The Kier molecular flexibility index (Phi) is 9.22. The first-order valence-corrected chi connectivity index (χ1v) is 13.9. The number of carbonyl (C=O) groups excluding carboxylic acids is 3. The van der Waals surface area contributed by atoms with Crippen LogP contribution in [0.25, 0.3) is 0 Å². The molecule has 1 aliphatic carbocycles. The summed E-state index contributed by atoms with van der Waals surface area (Å²) in [6, 6.07) is 5.34. The number of rotatable bonds is 10. The first-order valence-electron chi connectivity index (χ1n) is 12.1. The summed E-state index contributed by atoms with van der Waals surface area (Å²) in [5.74, 6) is -0.917. The Morgan fingerprint density at radius 1 is 1.11 bits per heavy atom. The summed E-state index contributed by atoms with van der Waals surface area (Å²) >= 11 is 0. The van der Waals surface area contributed by atoms with Gasteiger partial charge < -0.3 is 26.3 Å². The number of likely N-dealkylation sites (N-methyl/N-ethyl adjacent to an activating group) is 1. The maximum atomic E-state index is 12.6. The standard InChI is InChI=1S/C25H34N6O5S/c1-17-19(16-28-25(34)22(27-2)15-20(26)18-7-8-18)5-4-6-21(17)29-23(32)9-10-24(33)30-11-13-31(14-12-30)37(3,35)36/h4-6,9-10,15,18,26-27H,7-8,11-14,16H2,1-3H3,(H,28,34)(H,29,32)/b10-9+,22-15-,26-20?. The largest absolute Gasteiger partial charge is 0.384 e. The van der Waals surface area contributed by atoms with Crippen molar-refractivity contribution in [3.05, 3.63) is 53.3 Å². The molecule has 1 heterocycles. The quantitative estimate of drug-likeness (QED) is 0.259. The van der Waals surface area contributed by atoms with Crippen LogP contribution >= 0.6 is 0 Å². The van der Waals surface area contributed by atoms with E-state index in [1.807, 2.05) is 13.0 Å².